The van der Waals surface area contributed by atoms with E-state index in [1.54, 1.807) is 0 Å². The Balaban J connectivity index is 2.39. The Morgan fingerprint density at radius 1 is 1.28 bits per heavy atom. The number of nitrogens with zero attached hydrogens (tertiary/aromatic N) is 2. The number of carbonyl (C=O) groups excluding carboxylic acids is 1. The molecule has 2 aromatic rings. The Kier molecular flexibility index (Phi) is 3.06. The Bertz CT molecular complexity index is 569. The fraction of sp³-hybridized carbons (Fsp3) is 0.231. The van der Waals surface area contributed by atoms with Crippen LogP contribution in [0.2, 0.25) is 0 Å². The molecule has 1 heterocycles. The fourth-order valence-corrected chi connectivity index (χ4v) is 1.78. The lowest BCUT2D eigenvalue weighted by atomic mass is 10.1. The van der Waals surface area contributed by atoms with Gasteiger partial charge in [-0.15, -0.1) is 0 Å². The SMILES string of the molecule is Cc1[nH]c(C(N)=O)nc1-c1ccc(N(C)C)cc1. The maximum atomic E-state index is 11.1. The molecule has 0 saturated carbocycles. The van der Waals surface area contributed by atoms with Crippen molar-refractivity contribution in [3.05, 3.63) is 35.8 Å². The number of primary amides is 1. The van der Waals surface area contributed by atoms with Crippen LogP contribution < -0.4 is 10.6 Å². The maximum Gasteiger partial charge on any atom is 0.284 e. The average Bonchev–Trinajstić information content (AvgIpc) is 2.71. The van der Waals surface area contributed by atoms with E-state index in [-0.39, 0.29) is 5.82 Å². The summed E-state index contributed by atoms with van der Waals surface area (Å²) in [6.45, 7) is 1.87. The van der Waals surface area contributed by atoms with Crippen molar-refractivity contribution in [1.82, 2.24) is 9.97 Å². The number of hydrogen-bond donors (Lipinski definition) is 2. The minimum Gasteiger partial charge on any atom is -0.378 e. The van der Waals surface area contributed by atoms with Crippen LogP contribution in [0.3, 0.4) is 0 Å². The van der Waals surface area contributed by atoms with E-state index in [2.05, 4.69) is 9.97 Å². The van der Waals surface area contributed by atoms with E-state index in [1.165, 1.54) is 0 Å². The third-order valence-electron chi connectivity index (χ3n) is 2.78. The van der Waals surface area contributed by atoms with E-state index < -0.39 is 5.91 Å². The smallest absolute Gasteiger partial charge is 0.284 e. The summed E-state index contributed by atoms with van der Waals surface area (Å²) < 4.78 is 0. The molecule has 3 N–H and O–H groups in total. The summed E-state index contributed by atoms with van der Waals surface area (Å²) in [5.41, 5.74) is 8.86. The Morgan fingerprint density at radius 2 is 1.89 bits per heavy atom. The molecule has 0 unspecified atom stereocenters. The van der Waals surface area contributed by atoms with E-state index >= 15 is 0 Å². The lowest BCUT2D eigenvalue weighted by molar-refractivity contribution is 0.0991. The van der Waals surface area contributed by atoms with Crippen molar-refractivity contribution in [3.8, 4) is 11.3 Å². The van der Waals surface area contributed by atoms with Gasteiger partial charge in [0, 0.05) is 31.0 Å². The number of benzene rings is 1. The first-order chi connectivity index (χ1) is 8.49. The van der Waals surface area contributed by atoms with Crippen LogP contribution in [-0.2, 0) is 0 Å². The molecule has 0 aliphatic carbocycles. The first kappa shape index (κ1) is 12.2. The number of H-pyrrole nitrogens is 1. The number of aryl methyl sites for hydroxylation is 1. The molecule has 5 heteroatoms. The zero-order chi connectivity index (χ0) is 13.3. The summed E-state index contributed by atoms with van der Waals surface area (Å²) in [5.74, 6) is -0.353. The van der Waals surface area contributed by atoms with Crippen LogP contribution in [0.1, 0.15) is 16.3 Å². The van der Waals surface area contributed by atoms with Gasteiger partial charge in [-0.25, -0.2) is 4.98 Å². The minimum atomic E-state index is -0.547. The minimum absolute atomic E-state index is 0.194. The van der Waals surface area contributed by atoms with Gasteiger partial charge in [0.25, 0.3) is 5.91 Å². The topological polar surface area (TPSA) is 75.0 Å². The summed E-state index contributed by atoms with van der Waals surface area (Å²) in [6, 6.07) is 7.97. The first-order valence-corrected chi connectivity index (χ1v) is 5.63. The molecule has 1 aromatic carbocycles. The number of aromatic nitrogens is 2. The molecule has 18 heavy (non-hydrogen) atoms. The van der Waals surface area contributed by atoms with E-state index in [1.807, 2.05) is 50.2 Å². The molecule has 0 spiro atoms. The highest BCUT2D eigenvalue weighted by Gasteiger charge is 2.12. The second-order valence-corrected chi connectivity index (χ2v) is 4.36. The predicted molar refractivity (Wildman–Crippen MR) is 71.6 cm³/mol. The molecule has 1 aromatic heterocycles. The standard InChI is InChI=1S/C13H16N4O/c1-8-11(16-13(15-8)12(14)18)9-4-6-10(7-5-9)17(2)3/h4-7H,1-3H3,(H2,14,18)(H,15,16). The molecule has 0 aliphatic rings. The highest BCUT2D eigenvalue weighted by molar-refractivity contribution is 5.90. The fourth-order valence-electron chi connectivity index (χ4n) is 1.78. The van der Waals surface area contributed by atoms with Crippen molar-refractivity contribution in [1.29, 1.82) is 0 Å². The molecular formula is C13H16N4O. The molecule has 0 fully saturated rings. The van der Waals surface area contributed by atoms with E-state index in [9.17, 15) is 4.79 Å². The number of nitrogens with two attached hydrogens (primary N) is 1. The predicted octanol–water partition coefficient (Wildman–Crippen LogP) is 1.55. The summed E-state index contributed by atoms with van der Waals surface area (Å²) in [6.07, 6.45) is 0. The molecule has 1 amide bonds. The number of rotatable bonds is 3. The van der Waals surface area contributed by atoms with Crippen LogP contribution in [-0.4, -0.2) is 30.0 Å². The molecule has 0 radical (unpaired) electrons. The Labute approximate surface area is 106 Å². The highest BCUT2D eigenvalue weighted by atomic mass is 16.1. The van der Waals surface area contributed by atoms with Crippen LogP contribution >= 0.6 is 0 Å². The van der Waals surface area contributed by atoms with Crippen molar-refractivity contribution in [2.24, 2.45) is 5.73 Å². The number of amides is 1. The van der Waals surface area contributed by atoms with Gasteiger partial charge in [-0.3, -0.25) is 4.79 Å². The van der Waals surface area contributed by atoms with Gasteiger partial charge in [0.2, 0.25) is 0 Å². The van der Waals surface area contributed by atoms with E-state index in [0.29, 0.717) is 0 Å². The van der Waals surface area contributed by atoms with Gasteiger partial charge in [-0.2, -0.15) is 0 Å². The summed E-state index contributed by atoms with van der Waals surface area (Å²) in [7, 11) is 3.97. The van der Waals surface area contributed by atoms with Gasteiger partial charge in [0.15, 0.2) is 5.82 Å². The average molecular weight is 244 g/mol. The van der Waals surface area contributed by atoms with E-state index in [0.717, 1.165) is 22.6 Å². The molecule has 5 nitrogen and oxygen atoms in total. The molecule has 0 saturated heterocycles. The van der Waals surface area contributed by atoms with Crippen LogP contribution in [0.4, 0.5) is 5.69 Å². The van der Waals surface area contributed by atoms with Crippen molar-refractivity contribution in [2.45, 2.75) is 6.92 Å². The van der Waals surface area contributed by atoms with Crippen molar-refractivity contribution in [2.75, 3.05) is 19.0 Å². The first-order valence-electron chi connectivity index (χ1n) is 5.63. The summed E-state index contributed by atoms with van der Waals surface area (Å²) in [5, 5.41) is 0. The van der Waals surface area contributed by atoms with Crippen molar-refractivity contribution in [3.63, 3.8) is 0 Å². The van der Waals surface area contributed by atoms with Gasteiger partial charge in [0.05, 0.1) is 5.69 Å². The van der Waals surface area contributed by atoms with E-state index in [4.69, 9.17) is 5.73 Å². The highest BCUT2D eigenvalue weighted by Crippen LogP contribution is 2.23. The number of hydrogen-bond acceptors (Lipinski definition) is 3. The number of nitrogens with one attached hydrogen (secondary N) is 1. The van der Waals surface area contributed by atoms with Crippen molar-refractivity contribution < 1.29 is 4.79 Å². The Morgan fingerprint density at radius 3 is 2.33 bits per heavy atom. The van der Waals surface area contributed by atoms with Gasteiger partial charge in [0.1, 0.15) is 0 Å². The quantitative estimate of drug-likeness (QED) is 0.860. The van der Waals surface area contributed by atoms with Gasteiger partial charge < -0.3 is 15.6 Å². The molecule has 0 aliphatic heterocycles. The second kappa shape index (κ2) is 4.52. The number of imidazole rings is 1. The monoisotopic (exact) mass is 244 g/mol. The van der Waals surface area contributed by atoms with Crippen LogP contribution in [0.25, 0.3) is 11.3 Å². The molecule has 0 bridgehead atoms. The Hall–Kier alpha value is -2.30. The number of anilines is 1. The zero-order valence-electron chi connectivity index (χ0n) is 10.7. The normalized spacial score (nSPS) is 10.4. The maximum absolute atomic E-state index is 11.1. The molecular weight excluding hydrogens is 228 g/mol. The van der Waals surface area contributed by atoms with Gasteiger partial charge in [-0.1, -0.05) is 12.1 Å². The molecule has 2 rings (SSSR count). The molecule has 0 atom stereocenters. The second-order valence-electron chi connectivity index (χ2n) is 4.36. The zero-order valence-corrected chi connectivity index (χ0v) is 10.7. The molecule has 94 valence electrons. The van der Waals surface area contributed by atoms with Crippen LogP contribution in [0.5, 0.6) is 0 Å². The lowest BCUT2D eigenvalue weighted by Gasteiger charge is -2.12. The summed E-state index contributed by atoms with van der Waals surface area (Å²) in [4.78, 5) is 20.2. The third kappa shape index (κ3) is 2.20. The van der Waals surface area contributed by atoms with Crippen LogP contribution in [0, 0.1) is 6.92 Å². The third-order valence-corrected chi connectivity index (χ3v) is 2.78. The van der Waals surface area contributed by atoms with Crippen molar-refractivity contribution >= 4 is 11.6 Å². The number of aromatic amines is 1. The lowest BCUT2D eigenvalue weighted by Crippen LogP contribution is -2.12. The summed E-state index contributed by atoms with van der Waals surface area (Å²) >= 11 is 0. The van der Waals surface area contributed by atoms with Crippen LogP contribution in [0.15, 0.2) is 24.3 Å². The van der Waals surface area contributed by atoms with Gasteiger partial charge >= 0.3 is 0 Å². The largest absolute Gasteiger partial charge is 0.378 e. The van der Waals surface area contributed by atoms with Gasteiger partial charge in [-0.05, 0) is 19.1 Å². The number of carbonyl (C=O) groups is 1.